The van der Waals surface area contributed by atoms with E-state index in [4.69, 9.17) is 5.73 Å². The summed E-state index contributed by atoms with van der Waals surface area (Å²) in [6, 6.07) is -0.550. The second-order valence-electron chi connectivity index (χ2n) is 5.65. The maximum Gasteiger partial charge on any atom is 0.244 e. The van der Waals surface area contributed by atoms with E-state index in [1.165, 1.54) is 0 Å². The Labute approximate surface area is 122 Å². The van der Waals surface area contributed by atoms with E-state index in [-0.39, 0.29) is 23.8 Å². The van der Waals surface area contributed by atoms with Crippen molar-refractivity contribution in [3.8, 4) is 0 Å². The van der Waals surface area contributed by atoms with Crippen molar-refractivity contribution in [2.45, 2.75) is 65.0 Å². The summed E-state index contributed by atoms with van der Waals surface area (Å²) in [6.45, 7) is 6.96. The number of hydrogen-bond donors (Lipinski definition) is 2. The van der Waals surface area contributed by atoms with Gasteiger partial charge in [0.2, 0.25) is 11.8 Å². The van der Waals surface area contributed by atoms with Gasteiger partial charge in [0.15, 0.2) is 0 Å². The van der Waals surface area contributed by atoms with E-state index in [2.05, 4.69) is 5.32 Å². The molecule has 1 aliphatic carbocycles. The van der Waals surface area contributed by atoms with Crippen LogP contribution in [0.15, 0.2) is 0 Å². The Morgan fingerprint density at radius 2 is 1.80 bits per heavy atom. The first-order valence-electron chi connectivity index (χ1n) is 7.86. The molecule has 5 heteroatoms. The maximum absolute atomic E-state index is 12.3. The molecule has 3 atom stereocenters. The highest BCUT2D eigenvalue weighted by Crippen LogP contribution is 2.22. The zero-order chi connectivity index (χ0) is 15.1. The van der Waals surface area contributed by atoms with Crippen molar-refractivity contribution in [3.05, 3.63) is 0 Å². The molecule has 0 aliphatic heterocycles. The zero-order valence-electron chi connectivity index (χ0n) is 13.0. The lowest BCUT2D eigenvalue weighted by atomic mass is 9.94. The lowest BCUT2D eigenvalue weighted by molar-refractivity contribution is -0.137. The van der Waals surface area contributed by atoms with Gasteiger partial charge < -0.3 is 16.0 Å². The highest BCUT2D eigenvalue weighted by Gasteiger charge is 2.29. The minimum atomic E-state index is -0.474. The van der Waals surface area contributed by atoms with E-state index in [1.54, 1.807) is 11.8 Å². The summed E-state index contributed by atoms with van der Waals surface area (Å²) < 4.78 is 0. The summed E-state index contributed by atoms with van der Waals surface area (Å²) >= 11 is 0. The topological polar surface area (TPSA) is 75.4 Å². The standard InChI is InChI=1S/C15H29N3O2/c1-4-18(5-2)15(20)11(3)17-14(19)12-9-7-6-8-10-13(12)16/h11-13H,4-10,16H2,1-3H3,(H,17,19). The van der Waals surface area contributed by atoms with Crippen LogP contribution in [0.4, 0.5) is 0 Å². The van der Waals surface area contributed by atoms with Crippen LogP contribution >= 0.6 is 0 Å². The molecule has 5 nitrogen and oxygen atoms in total. The molecule has 0 spiro atoms. The molecule has 0 heterocycles. The Bertz CT molecular complexity index is 329. The molecule has 0 saturated heterocycles. The number of carbonyl (C=O) groups is 2. The molecule has 2 amide bonds. The predicted octanol–water partition coefficient (Wildman–Crippen LogP) is 1.27. The number of likely N-dealkylation sites (N-methyl/N-ethyl adjacent to an activating group) is 1. The smallest absolute Gasteiger partial charge is 0.244 e. The highest BCUT2D eigenvalue weighted by molar-refractivity contribution is 5.88. The van der Waals surface area contributed by atoms with E-state index < -0.39 is 6.04 Å². The molecular formula is C15H29N3O2. The first kappa shape index (κ1) is 17.0. The number of rotatable bonds is 5. The van der Waals surface area contributed by atoms with Crippen LogP contribution in [0.1, 0.15) is 52.9 Å². The minimum absolute atomic E-state index is 0.0226. The molecule has 116 valence electrons. The molecule has 20 heavy (non-hydrogen) atoms. The second kappa shape index (κ2) is 8.25. The van der Waals surface area contributed by atoms with Gasteiger partial charge in [-0.15, -0.1) is 0 Å². The van der Waals surface area contributed by atoms with Crippen molar-refractivity contribution in [1.29, 1.82) is 0 Å². The first-order valence-corrected chi connectivity index (χ1v) is 7.86. The molecule has 0 bridgehead atoms. The third-order valence-electron chi connectivity index (χ3n) is 4.21. The lowest BCUT2D eigenvalue weighted by Crippen LogP contribution is -2.50. The van der Waals surface area contributed by atoms with Crippen LogP contribution < -0.4 is 11.1 Å². The fourth-order valence-electron chi connectivity index (χ4n) is 2.85. The highest BCUT2D eigenvalue weighted by atomic mass is 16.2. The molecule has 3 N–H and O–H groups in total. The van der Waals surface area contributed by atoms with Crippen LogP contribution in [0, 0.1) is 5.92 Å². The maximum atomic E-state index is 12.3. The normalized spacial score (nSPS) is 24.6. The van der Waals surface area contributed by atoms with Crippen molar-refractivity contribution in [2.75, 3.05) is 13.1 Å². The Balaban J connectivity index is 2.57. The van der Waals surface area contributed by atoms with Crippen molar-refractivity contribution in [3.63, 3.8) is 0 Å². The quantitative estimate of drug-likeness (QED) is 0.746. The van der Waals surface area contributed by atoms with Gasteiger partial charge in [-0.25, -0.2) is 0 Å². The zero-order valence-corrected chi connectivity index (χ0v) is 13.0. The monoisotopic (exact) mass is 283 g/mol. The number of hydrogen-bond acceptors (Lipinski definition) is 3. The van der Waals surface area contributed by atoms with Gasteiger partial charge in [0.05, 0.1) is 5.92 Å². The van der Waals surface area contributed by atoms with Crippen LogP contribution in [-0.2, 0) is 9.59 Å². The summed E-state index contributed by atoms with van der Waals surface area (Å²) in [5.74, 6) is -0.234. The van der Waals surface area contributed by atoms with Crippen molar-refractivity contribution >= 4 is 11.8 Å². The molecule has 1 aliphatic rings. The van der Waals surface area contributed by atoms with E-state index in [0.29, 0.717) is 13.1 Å². The Kier molecular flexibility index (Phi) is 6.99. The van der Waals surface area contributed by atoms with Crippen LogP contribution in [0.3, 0.4) is 0 Å². The van der Waals surface area contributed by atoms with Gasteiger partial charge in [0.1, 0.15) is 6.04 Å². The van der Waals surface area contributed by atoms with Crippen molar-refractivity contribution in [2.24, 2.45) is 11.7 Å². The summed E-state index contributed by atoms with van der Waals surface area (Å²) in [5.41, 5.74) is 6.09. The number of amides is 2. The Hall–Kier alpha value is -1.10. The average molecular weight is 283 g/mol. The lowest BCUT2D eigenvalue weighted by Gasteiger charge is -2.26. The predicted molar refractivity (Wildman–Crippen MR) is 80.1 cm³/mol. The molecule has 0 aromatic rings. The molecule has 3 unspecified atom stereocenters. The van der Waals surface area contributed by atoms with Gasteiger partial charge >= 0.3 is 0 Å². The number of nitrogens with zero attached hydrogens (tertiary/aromatic N) is 1. The van der Waals surface area contributed by atoms with Crippen LogP contribution in [0.5, 0.6) is 0 Å². The molecule has 1 fully saturated rings. The van der Waals surface area contributed by atoms with E-state index >= 15 is 0 Å². The number of nitrogens with one attached hydrogen (secondary N) is 1. The summed E-state index contributed by atoms with van der Waals surface area (Å²) in [5, 5.41) is 2.85. The Morgan fingerprint density at radius 1 is 1.20 bits per heavy atom. The van der Waals surface area contributed by atoms with Crippen LogP contribution in [0.2, 0.25) is 0 Å². The average Bonchev–Trinajstić information content (AvgIpc) is 2.64. The van der Waals surface area contributed by atoms with Crippen LogP contribution in [0.25, 0.3) is 0 Å². The van der Waals surface area contributed by atoms with E-state index in [0.717, 1.165) is 32.1 Å². The third kappa shape index (κ3) is 4.47. The van der Waals surface area contributed by atoms with Gasteiger partial charge in [-0.2, -0.15) is 0 Å². The summed E-state index contributed by atoms with van der Waals surface area (Å²) in [4.78, 5) is 26.2. The van der Waals surface area contributed by atoms with E-state index in [1.807, 2.05) is 13.8 Å². The molecule has 1 rings (SSSR count). The largest absolute Gasteiger partial charge is 0.344 e. The molecular weight excluding hydrogens is 254 g/mol. The third-order valence-corrected chi connectivity index (χ3v) is 4.21. The van der Waals surface area contributed by atoms with Gasteiger partial charge in [-0.3, -0.25) is 9.59 Å². The van der Waals surface area contributed by atoms with Gasteiger partial charge in [-0.05, 0) is 33.6 Å². The fraction of sp³-hybridized carbons (Fsp3) is 0.867. The summed E-state index contributed by atoms with van der Waals surface area (Å²) in [6.07, 6.45) is 5.02. The Morgan fingerprint density at radius 3 is 2.40 bits per heavy atom. The van der Waals surface area contributed by atoms with Crippen LogP contribution in [-0.4, -0.2) is 41.9 Å². The first-order chi connectivity index (χ1) is 9.51. The number of carbonyl (C=O) groups excluding carboxylic acids is 2. The van der Waals surface area contributed by atoms with Crippen molar-refractivity contribution in [1.82, 2.24) is 10.2 Å². The SMILES string of the molecule is CCN(CC)C(=O)C(C)NC(=O)C1CCCCCC1N. The van der Waals surface area contributed by atoms with Gasteiger partial charge in [-0.1, -0.05) is 19.3 Å². The molecule has 0 aromatic heterocycles. The molecule has 1 saturated carbocycles. The summed E-state index contributed by atoms with van der Waals surface area (Å²) in [7, 11) is 0. The van der Waals surface area contributed by atoms with E-state index in [9.17, 15) is 9.59 Å². The molecule has 0 radical (unpaired) electrons. The van der Waals surface area contributed by atoms with Gasteiger partial charge in [0, 0.05) is 19.1 Å². The fourth-order valence-corrected chi connectivity index (χ4v) is 2.85. The molecule has 0 aromatic carbocycles. The minimum Gasteiger partial charge on any atom is -0.344 e. The number of nitrogens with two attached hydrogens (primary N) is 1. The second-order valence-corrected chi connectivity index (χ2v) is 5.65. The van der Waals surface area contributed by atoms with Crippen molar-refractivity contribution < 1.29 is 9.59 Å². The van der Waals surface area contributed by atoms with Gasteiger partial charge in [0.25, 0.3) is 0 Å².